The molecule has 1 aliphatic heterocycles. The lowest BCUT2D eigenvalue weighted by Crippen LogP contribution is -2.54. The van der Waals surface area contributed by atoms with Crippen LogP contribution in [0.1, 0.15) is 16.7 Å². The highest BCUT2D eigenvalue weighted by Crippen LogP contribution is 2.32. The van der Waals surface area contributed by atoms with Crippen LogP contribution in [-0.2, 0) is 16.2 Å². The quantitative estimate of drug-likeness (QED) is 0.294. The fourth-order valence-corrected chi connectivity index (χ4v) is 4.20. The molecule has 0 saturated carbocycles. The van der Waals surface area contributed by atoms with Crippen LogP contribution in [0.5, 0.6) is 11.5 Å². The van der Waals surface area contributed by atoms with Crippen LogP contribution in [0.4, 0.5) is 10.5 Å². The molecule has 0 spiro atoms. The molecule has 1 fully saturated rings. The standard InChI is InChI=1S/C26H19Cl3N2O5/c1-14-19(28)4-3-5-21(14)31-25(33)18(24(32)30-26(31)34)10-15-6-9-22(23(11-15)35-2)36-13-16-7-8-17(27)12-20(16)29/h3-12H,13H2,1-2H3,(H,30,32,34)/b18-10+. The topological polar surface area (TPSA) is 84.9 Å². The zero-order valence-corrected chi connectivity index (χ0v) is 21.4. The first kappa shape index (κ1) is 25.6. The van der Waals surface area contributed by atoms with Crippen molar-refractivity contribution in [3.8, 4) is 11.5 Å². The highest BCUT2D eigenvalue weighted by atomic mass is 35.5. The molecular formula is C26H19Cl3N2O5. The SMILES string of the molecule is COc1cc(/C=C2\C(=O)NC(=O)N(c3cccc(Cl)c3C)C2=O)ccc1OCc1ccc(Cl)cc1Cl. The number of nitrogens with one attached hydrogen (secondary N) is 1. The minimum Gasteiger partial charge on any atom is -0.493 e. The molecule has 0 unspecified atom stereocenters. The van der Waals surface area contributed by atoms with E-state index < -0.39 is 17.8 Å². The van der Waals surface area contributed by atoms with Crippen LogP contribution < -0.4 is 19.7 Å². The summed E-state index contributed by atoms with van der Waals surface area (Å²) in [6.07, 6.45) is 1.37. The molecule has 4 amide bonds. The van der Waals surface area contributed by atoms with Gasteiger partial charge in [-0.3, -0.25) is 14.9 Å². The predicted molar refractivity (Wildman–Crippen MR) is 139 cm³/mol. The largest absolute Gasteiger partial charge is 0.493 e. The summed E-state index contributed by atoms with van der Waals surface area (Å²) in [4.78, 5) is 39.1. The molecule has 7 nitrogen and oxygen atoms in total. The van der Waals surface area contributed by atoms with Gasteiger partial charge in [-0.15, -0.1) is 0 Å². The molecule has 1 aliphatic rings. The predicted octanol–water partition coefficient (Wildman–Crippen LogP) is 6.21. The van der Waals surface area contributed by atoms with Gasteiger partial charge in [0.2, 0.25) is 0 Å². The van der Waals surface area contributed by atoms with Gasteiger partial charge in [0.25, 0.3) is 11.8 Å². The van der Waals surface area contributed by atoms with Gasteiger partial charge < -0.3 is 9.47 Å². The monoisotopic (exact) mass is 544 g/mol. The molecule has 3 aromatic carbocycles. The van der Waals surface area contributed by atoms with E-state index in [0.29, 0.717) is 37.7 Å². The number of amides is 4. The Balaban J connectivity index is 1.61. The Morgan fingerprint density at radius 2 is 1.72 bits per heavy atom. The summed E-state index contributed by atoms with van der Waals surface area (Å²) < 4.78 is 11.3. The van der Waals surface area contributed by atoms with Crippen LogP contribution in [0, 0.1) is 6.92 Å². The number of halogens is 3. The van der Waals surface area contributed by atoms with Crippen molar-refractivity contribution in [1.29, 1.82) is 0 Å². The first-order chi connectivity index (χ1) is 17.2. The number of anilines is 1. The molecule has 3 aromatic rings. The molecule has 0 bridgehead atoms. The lowest BCUT2D eigenvalue weighted by atomic mass is 10.1. The Morgan fingerprint density at radius 1 is 0.944 bits per heavy atom. The maximum Gasteiger partial charge on any atom is 0.335 e. The van der Waals surface area contributed by atoms with Gasteiger partial charge in [0.15, 0.2) is 11.5 Å². The lowest BCUT2D eigenvalue weighted by Gasteiger charge is -2.27. The Hall–Kier alpha value is -3.52. The van der Waals surface area contributed by atoms with E-state index in [0.717, 1.165) is 10.5 Å². The number of methoxy groups -OCH3 is 1. The first-order valence-corrected chi connectivity index (χ1v) is 11.7. The number of urea groups is 1. The molecule has 10 heteroatoms. The van der Waals surface area contributed by atoms with Crippen molar-refractivity contribution in [2.45, 2.75) is 13.5 Å². The van der Waals surface area contributed by atoms with Crippen LogP contribution in [-0.4, -0.2) is 25.0 Å². The lowest BCUT2D eigenvalue weighted by molar-refractivity contribution is -0.122. The van der Waals surface area contributed by atoms with E-state index in [1.807, 2.05) is 0 Å². The highest BCUT2D eigenvalue weighted by molar-refractivity contribution is 6.40. The third kappa shape index (κ3) is 5.18. The van der Waals surface area contributed by atoms with E-state index in [2.05, 4.69) is 5.32 Å². The van der Waals surface area contributed by atoms with Crippen molar-refractivity contribution in [1.82, 2.24) is 5.32 Å². The normalized spacial score (nSPS) is 14.8. The maximum atomic E-state index is 13.2. The fourth-order valence-electron chi connectivity index (χ4n) is 3.57. The Labute approximate surface area is 222 Å². The number of hydrogen-bond acceptors (Lipinski definition) is 5. The van der Waals surface area contributed by atoms with Gasteiger partial charge in [-0.1, -0.05) is 53.0 Å². The minimum absolute atomic E-state index is 0.170. The number of barbiturate groups is 1. The van der Waals surface area contributed by atoms with Crippen molar-refractivity contribution in [2.24, 2.45) is 0 Å². The molecule has 0 aromatic heterocycles. The van der Waals surface area contributed by atoms with Gasteiger partial charge in [-0.25, -0.2) is 9.69 Å². The van der Waals surface area contributed by atoms with Crippen LogP contribution >= 0.6 is 34.8 Å². The zero-order valence-electron chi connectivity index (χ0n) is 19.1. The summed E-state index contributed by atoms with van der Waals surface area (Å²) in [5.74, 6) is -0.781. The number of imide groups is 2. The number of hydrogen-bond donors (Lipinski definition) is 1. The summed E-state index contributed by atoms with van der Waals surface area (Å²) >= 11 is 18.3. The second kappa shape index (κ2) is 10.6. The average molecular weight is 546 g/mol. The van der Waals surface area contributed by atoms with Crippen molar-refractivity contribution in [3.63, 3.8) is 0 Å². The summed E-state index contributed by atoms with van der Waals surface area (Å²) in [7, 11) is 1.47. The van der Waals surface area contributed by atoms with Crippen LogP contribution in [0.3, 0.4) is 0 Å². The number of ether oxygens (including phenoxy) is 2. The van der Waals surface area contributed by atoms with Gasteiger partial charge in [0.05, 0.1) is 12.8 Å². The summed E-state index contributed by atoms with van der Waals surface area (Å²) in [5, 5.41) is 3.58. The van der Waals surface area contributed by atoms with E-state index in [-0.39, 0.29) is 17.9 Å². The molecule has 1 saturated heterocycles. The van der Waals surface area contributed by atoms with E-state index in [9.17, 15) is 14.4 Å². The molecule has 0 radical (unpaired) electrons. The Morgan fingerprint density at radius 3 is 2.44 bits per heavy atom. The van der Waals surface area contributed by atoms with Gasteiger partial charge in [0, 0.05) is 20.6 Å². The van der Waals surface area contributed by atoms with Crippen molar-refractivity contribution in [2.75, 3.05) is 12.0 Å². The average Bonchev–Trinajstić information content (AvgIpc) is 2.84. The summed E-state index contributed by atoms with van der Waals surface area (Å²) in [6.45, 7) is 1.85. The molecule has 1 N–H and O–H groups in total. The van der Waals surface area contributed by atoms with Crippen molar-refractivity contribution >= 4 is 64.4 Å². The number of benzene rings is 3. The minimum atomic E-state index is -0.852. The molecule has 1 heterocycles. The third-order valence-electron chi connectivity index (χ3n) is 5.48. The van der Waals surface area contributed by atoms with E-state index in [4.69, 9.17) is 44.3 Å². The molecular weight excluding hydrogens is 527 g/mol. The van der Waals surface area contributed by atoms with Gasteiger partial charge >= 0.3 is 6.03 Å². The van der Waals surface area contributed by atoms with Gasteiger partial charge in [0.1, 0.15) is 12.2 Å². The molecule has 0 atom stereocenters. The smallest absolute Gasteiger partial charge is 0.335 e. The summed E-state index contributed by atoms with van der Waals surface area (Å²) in [6, 6.07) is 14.0. The second-order valence-corrected chi connectivity index (χ2v) is 9.03. The zero-order chi connectivity index (χ0) is 26.0. The number of nitrogens with zero attached hydrogens (tertiary/aromatic N) is 1. The Bertz CT molecular complexity index is 1420. The van der Waals surface area contributed by atoms with E-state index in [1.54, 1.807) is 61.5 Å². The maximum absolute atomic E-state index is 13.2. The van der Waals surface area contributed by atoms with Gasteiger partial charge in [-0.2, -0.15) is 0 Å². The molecule has 0 aliphatic carbocycles. The first-order valence-electron chi connectivity index (χ1n) is 10.6. The summed E-state index contributed by atoms with van der Waals surface area (Å²) in [5.41, 5.74) is 1.81. The van der Waals surface area contributed by atoms with Gasteiger partial charge in [-0.05, 0) is 60.5 Å². The third-order valence-corrected chi connectivity index (χ3v) is 6.48. The second-order valence-electron chi connectivity index (χ2n) is 7.78. The van der Waals surface area contributed by atoms with Crippen LogP contribution in [0.2, 0.25) is 15.1 Å². The van der Waals surface area contributed by atoms with E-state index in [1.165, 1.54) is 13.2 Å². The van der Waals surface area contributed by atoms with Crippen molar-refractivity contribution in [3.05, 3.63) is 91.9 Å². The highest BCUT2D eigenvalue weighted by Gasteiger charge is 2.37. The molecule has 184 valence electrons. The number of rotatable bonds is 6. The fraction of sp³-hybridized carbons (Fsp3) is 0.115. The number of carbonyl (C=O) groups is 3. The van der Waals surface area contributed by atoms with Crippen LogP contribution in [0.25, 0.3) is 6.08 Å². The van der Waals surface area contributed by atoms with Crippen LogP contribution in [0.15, 0.2) is 60.2 Å². The van der Waals surface area contributed by atoms with Crippen molar-refractivity contribution < 1.29 is 23.9 Å². The number of carbonyl (C=O) groups excluding carboxylic acids is 3. The van der Waals surface area contributed by atoms with E-state index >= 15 is 0 Å². The Kier molecular flexibility index (Phi) is 7.54. The molecule has 4 rings (SSSR count). The molecule has 36 heavy (non-hydrogen) atoms.